The lowest BCUT2D eigenvalue weighted by atomic mass is 9.79. The zero-order valence-electron chi connectivity index (χ0n) is 13.7. The van der Waals surface area contributed by atoms with Crippen molar-refractivity contribution in [3.63, 3.8) is 0 Å². The summed E-state index contributed by atoms with van der Waals surface area (Å²) in [6.07, 6.45) is 13.4. The molecule has 1 aromatic rings. The first-order valence-electron chi connectivity index (χ1n) is 8.61. The average molecular weight is 286 g/mol. The van der Waals surface area contributed by atoms with E-state index in [4.69, 9.17) is 4.74 Å². The van der Waals surface area contributed by atoms with Crippen LogP contribution in [0, 0.1) is 5.41 Å². The molecule has 1 fully saturated rings. The first-order valence-corrected chi connectivity index (χ1v) is 8.61. The molecular weight excluding hydrogens is 256 g/mol. The minimum atomic E-state index is 0.480. The summed E-state index contributed by atoms with van der Waals surface area (Å²) in [5, 5.41) is 0. The number of hydrogen-bond acceptors (Lipinski definition) is 1. The first-order chi connectivity index (χ1) is 10.3. The highest BCUT2D eigenvalue weighted by Crippen LogP contribution is 2.36. The molecule has 0 aromatic heterocycles. The van der Waals surface area contributed by atoms with Crippen molar-refractivity contribution in [3.05, 3.63) is 41.5 Å². The number of benzene rings is 1. The maximum atomic E-state index is 5.37. The fraction of sp³-hybridized carbons (Fsp3) is 0.600. The molecule has 0 bridgehead atoms. The highest BCUT2D eigenvalue weighted by atomic mass is 16.5. The molecule has 116 valence electrons. The number of aryl methyl sites for hydroxylation is 1. The Labute approximate surface area is 130 Å². The molecule has 2 rings (SSSR count). The maximum Gasteiger partial charge on any atom is 0.0544 e. The van der Waals surface area contributed by atoms with E-state index in [1.54, 1.807) is 0 Å². The lowest BCUT2D eigenvalue weighted by molar-refractivity contribution is -0.118. The lowest BCUT2D eigenvalue weighted by Gasteiger charge is -2.40. The molecule has 1 aliphatic heterocycles. The van der Waals surface area contributed by atoms with Crippen molar-refractivity contribution in [2.45, 2.75) is 58.8 Å². The molecule has 0 amide bonds. The van der Waals surface area contributed by atoms with Crippen molar-refractivity contribution in [3.8, 4) is 0 Å². The van der Waals surface area contributed by atoms with E-state index in [0.29, 0.717) is 5.41 Å². The molecule has 0 spiro atoms. The van der Waals surface area contributed by atoms with E-state index in [9.17, 15) is 0 Å². The molecule has 0 aliphatic carbocycles. The van der Waals surface area contributed by atoms with Crippen LogP contribution in [0.5, 0.6) is 0 Å². The lowest BCUT2D eigenvalue weighted by Crippen LogP contribution is -2.41. The molecular formula is C20H30O. The molecule has 0 radical (unpaired) electrons. The maximum absolute atomic E-state index is 5.37. The third-order valence-corrected chi connectivity index (χ3v) is 4.77. The van der Waals surface area contributed by atoms with Gasteiger partial charge < -0.3 is 4.74 Å². The third-order valence-electron chi connectivity index (χ3n) is 4.77. The summed E-state index contributed by atoms with van der Waals surface area (Å²) in [7, 11) is 0. The highest BCUT2D eigenvalue weighted by Gasteiger charge is 2.35. The van der Waals surface area contributed by atoms with E-state index in [1.165, 1.54) is 49.7 Å². The minimum Gasteiger partial charge on any atom is -0.380 e. The van der Waals surface area contributed by atoms with Gasteiger partial charge in [-0.05, 0) is 43.2 Å². The van der Waals surface area contributed by atoms with E-state index in [0.717, 1.165) is 19.6 Å². The van der Waals surface area contributed by atoms with Gasteiger partial charge >= 0.3 is 0 Å². The van der Waals surface area contributed by atoms with Crippen LogP contribution in [0.25, 0.3) is 6.08 Å². The van der Waals surface area contributed by atoms with Crippen LogP contribution < -0.4 is 0 Å². The van der Waals surface area contributed by atoms with Crippen molar-refractivity contribution in [1.29, 1.82) is 0 Å². The van der Waals surface area contributed by atoms with Gasteiger partial charge in [0.05, 0.1) is 13.2 Å². The van der Waals surface area contributed by atoms with Gasteiger partial charge in [-0.2, -0.15) is 0 Å². The monoisotopic (exact) mass is 286 g/mol. The number of ether oxygens (including phenoxy) is 1. The second-order valence-electron chi connectivity index (χ2n) is 6.49. The minimum absolute atomic E-state index is 0.480. The van der Waals surface area contributed by atoms with Crippen LogP contribution in [-0.4, -0.2) is 13.2 Å². The molecule has 0 atom stereocenters. The standard InChI is InChI=1S/C20H30O/c1-3-5-6-9-18-11-13-19(14-12-18)10-7-8-15-20(4-2)16-21-17-20/h7,10-14H,3-6,8-9,15-17H2,1-2H3/b10-7+. The van der Waals surface area contributed by atoms with Gasteiger partial charge in [-0.1, -0.05) is 63.1 Å². The normalized spacial score (nSPS) is 17.0. The van der Waals surface area contributed by atoms with Crippen LogP contribution in [0.3, 0.4) is 0 Å². The topological polar surface area (TPSA) is 9.23 Å². The van der Waals surface area contributed by atoms with Crippen molar-refractivity contribution < 1.29 is 4.74 Å². The van der Waals surface area contributed by atoms with Crippen LogP contribution >= 0.6 is 0 Å². The summed E-state index contributed by atoms with van der Waals surface area (Å²) in [6.45, 7) is 6.46. The Morgan fingerprint density at radius 3 is 2.43 bits per heavy atom. The van der Waals surface area contributed by atoms with Crippen molar-refractivity contribution in [2.24, 2.45) is 5.41 Å². The Hall–Kier alpha value is -1.08. The summed E-state index contributed by atoms with van der Waals surface area (Å²) < 4.78 is 5.37. The SMILES string of the molecule is CCCCCc1ccc(/C=C/CCC2(CC)COC2)cc1. The second-order valence-corrected chi connectivity index (χ2v) is 6.49. The zero-order valence-corrected chi connectivity index (χ0v) is 13.7. The molecule has 21 heavy (non-hydrogen) atoms. The molecule has 1 aromatic carbocycles. The van der Waals surface area contributed by atoms with Crippen molar-refractivity contribution in [1.82, 2.24) is 0 Å². The smallest absolute Gasteiger partial charge is 0.0544 e. The Morgan fingerprint density at radius 2 is 1.86 bits per heavy atom. The van der Waals surface area contributed by atoms with Gasteiger partial charge in [-0.3, -0.25) is 0 Å². The third kappa shape index (κ3) is 5.00. The van der Waals surface area contributed by atoms with E-state index in [2.05, 4.69) is 50.3 Å². The molecule has 0 unspecified atom stereocenters. The summed E-state index contributed by atoms with van der Waals surface area (Å²) in [5.74, 6) is 0. The number of allylic oxidation sites excluding steroid dienone is 1. The van der Waals surface area contributed by atoms with Crippen molar-refractivity contribution >= 4 is 6.08 Å². The van der Waals surface area contributed by atoms with Crippen LogP contribution in [0.4, 0.5) is 0 Å². The predicted molar refractivity (Wildman–Crippen MR) is 91.5 cm³/mol. The summed E-state index contributed by atoms with van der Waals surface area (Å²) in [6, 6.07) is 9.06. The number of rotatable bonds is 9. The van der Waals surface area contributed by atoms with E-state index in [-0.39, 0.29) is 0 Å². The summed E-state index contributed by atoms with van der Waals surface area (Å²) in [5.41, 5.74) is 3.27. The predicted octanol–water partition coefficient (Wildman–Crippen LogP) is 5.64. The Bertz CT molecular complexity index is 420. The van der Waals surface area contributed by atoms with Crippen LogP contribution in [0.2, 0.25) is 0 Å². The average Bonchev–Trinajstić information content (AvgIpc) is 2.48. The highest BCUT2D eigenvalue weighted by molar-refractivity contribution is 5.49. The van der Waals surface area contributed by atoms with Gasteiger partial charge in [0.15, 0.2) is 0 Å². The van der Waals surface area contributed by atoms with Crippen LogP contribution in [0.1, 0.15) is 63.5 Å². The molecule has 1 aliphatic rings. The Morgan fingerprint density at radius 1 is 1.10 bits per heavy atom. The first kappa shape index (κ1) is 16.3. The molecule has 1 saturated heterocycles. The van der Waals surface area contributed by atoms with Gasteiger partial charge in [0.25, 0.3) is 0 Å². The van der Waals surface area contributed by atoms with E-state index >= 15 is 0 Å². The Balaban J connectivity index is 1.73. The van der Waals surface area contributed by atoms with Crippen LogP contribution in [0.15, 0.2) is 30.3 Å². The molecule has 0 N–H and O–H groups in total. The molecule has 0 saturated carbocycles. The number of hydrogen-bond donors (Lipinski definition) is 0. The van der Waals surface area contributed by atoms with E-state index in [1.807, 2.05) is 0 Å². The number of unbranched alkanes of at least 4 members (excludes halogenated alkanes) is 2. The summed E-state index contributed by atoms with van der Waals surface area (Å²) >= 11 is 0. The fourth-order valence-corrected chi connectivity index (χ4v) is 2.90. The van der Waals surface area contributed by atoms with Gasteiger partial charge in [-0.25, -0.2) is 0 Å². The quantitative estimate of drug-likeness (QED) is 0.534. The fourth-order valence-electron chi connectivity index (χ4n) is 2.90. The summed E-state index contributed by atoms with van der Waals surface area (Å²) in [4.78, 5) is 0. The van der Waals surface area contributed by atoms with Gasteiger partial charge in [0.1, 0.15) is 0 Å². The van der Waals surface area contributed by atoms with Gasteiger partial charge in [0.2, 0.25) is 0 Å². The molecule has 1 nitrogen and oxygen atoms in total. The molecule has 1 heterocycles. The Kier molecular flexibility index (Phi) is 6.50. The second kappa shape index (κ2) is 8.38. The van der Waals surface area contributed by atoms with Gasteiger partial charge in [-0.15, -0.1) is 0 Å². The van der Waals surface area contributed by atoms with Crippen molar-refractivity contribution in [2.75, 3.05) is 13.2 Å². The zero-order chi connectivity index (χ0) is 15.0. The van der Waals surface area contributed by atoms with Gasteiger partial charge in [0, 0.05) is 5.41 Å². The van der Waals surface area contributed by atoms with Crippen LogP contribution in [-0.2, 0) is 11.2 Å². The molecule has 1 heteroatoms. The largest absolute Gasteiger partial charge is 0.380 e. The van der Waals surface area contributed by atoms with E-state index < -0.39 is 0 Å².